The molecule has 27 heavy (non-hydrogen) atoms. The van der Waals surface area contributed by atoms with Crippen LogP contribution in [-0.2, 0) is 7.05 Å². The Bertz CT molecular complexity index is 886. The van der Waals surface area contributed by atoms with E-state index in [0.29, 0.717) is 11.7 Å². The molecule has 1 amide bonds. The molecule has 1 saturated carbocycles. The molecule has 0 aliphatic heterocycles. The second kappa shape index (κ2) is 7.87. The standard InChI is InChI=1S/C19H21N5O2S/c1-24-16(12-15(23-24)17-4-2-11-27-17)18(25)22-13-5-7-14(8-6-13)26-19-20-9-3-10-21-19/h2-4,9-14H,5-8H2,1H3,(H,22,25). The molecule has 0 radical (unpaired) electrons. The molecule has 3 heterocycles. The van der Waals surface area contributed by atoms with Crippen LogP contribution in [0.15, 0.2) is 42.0 Å². The second-order valence-corrected chi connectivity index (χ2v) is 7.56. The number of hydrogen-bond donors (Lipinski definition) is 1. The molecule has 3 aromatic rings. The van der Waals surface area contributed by atoms with Gasteiger partial charge in [-0.15, -0.1) is 11.3 Å². The van der Waals surface area contributed by atoms with Crippen LogP contribution in [0.4, 0.5) is 0 Å². The van der Waals surface area contributed by atoms with E-state index in [1.807, 2.05) is 23.6 Å². The average molecular weight is 383 g/mol. The lowest BCUT2D eigenvalue weighted by Crippen LogP contribution is -2.40. The summed E-state index contributed by atoms with van der Waals surface area (Å²) in [5.41, 5.74) is 1.41. The molecule has 140 valence electrons. The predicted molar refractivity (Wildman–Crippen MR) is 103 cm³/mol. The number of nitrogens with one attached hydrogen (secondary N) is 1. The highest BCUT2D eigenvalue weighted by atomic mass is 32.1. The molecule has 1 aliphatic rings. The smallest absolute Gasteiger partial charge is 0.316 e. The van der Waals surface area contributed by atoms with Gasteiger partial charge in [0.05, 0.1) is 4.88 Å². The predicted octanol–water partition coefficient (Wildman–Crippen LogP) is 3.06. The zero-order valence-electron chi connectivity index (χ0n) is 15.0. The number of carbonyl (C=O) groups excluding carboxylic acids is 1. The topological polar surface area (TPSA) is 81.9 Å². The van der Waals surface area contributed by atoms with Gasteiger partial charge in [0, 0.05) is 25.5 Å². The van der Waals surface area contributed by atoms with Crippen molar-refractivity contribution in [2.75, 3.05) is 0 Å². The fraction of sp³-hybridized carbons (Fsp3) is 0.368. The van der Waals surface area contributed by atoms with E-state index in [9.17, 15) is 4.79 Å². The summed E-state index contributed by atoms with van der Waals surface area (Å²) in [6.45, 7) is 0. The molecule has 4 rings (SSSR count). The van der Waals surface area contributed by atoms with Crippen LogP contribution in [0.5, 0.6) is 6.01 Å². The van der Waals surface area contributed by atoms with Gasteiger partial charge < -0.3 is 10.1 Å². The third kappa shape index (κ3) is 4.16. The minimum Gasteiger partial charge on any atom is -0.460 e. The third-order valence-electron chi connectivity index (χ3n) is 4.71. The lowest BCUT2D eigenvalue weighted by Gasteiger charge is -2.28. The maximum Gasteiger partial charge on any atom is 0.316 e. The number of aryl methyl sites for hydroxylation is 1. The van der Waals surface area contributed by atoms with Crippen LogP contribution in [0.1, 0.15) is 36.2 Å². The first-order valence-electron chi connectivity index (χ1n) is 9.01. The Hall–Kier alpha value is -2.74. The van der Waals surface area contributed by atoms with Crippen molar-refractivity contribution >= 4 is 17.2 Å². The zero-order valence-corrected chi connectivity index (χ0v) is 15.9. The van der Waals surface area contributed by atoms with E-state index >= 15 is 0 Å². The number of nitrogens with zero attached hydrogens (tertiary/aromatic N) is 4. The van der Waals surface area contributed by atoms with E-state index in [-0.39, 0.29) is 18.1 Å². The van der Waals surface area contributed by atoms with Gasteiger partial charge in [0.1, 0.15) is 17.5 Å². The first-order valence-corrected chi connectivity index (χ1v) is 9.89. The molecule has 0 spiro atoms. The summed E-state index contributed by atoms with van der Waals surface area (Å²) >= 11 is 1.61. The fourth-order valence-corrected chi connectivity index (χ4v) is 3.99. The normalized spacial score (nSPS) is 19.6. The van der Waals surface area contributed by atoms with Crippen molar-refractivity contribution in [1.29, 1.82) is 0 Å². The van der Waals surface area contributed by atoms with Gasteiger partial charge in [0.25, 0.3) is 5.91 Å². The summed E-state index contributed by atoms with van der Waals surface area (Å²) in [5, 5.41) is 9.60. The Balaban J connectivity index is 1.32. The summed E-state index contributed by atoms with van der Waals surface area (Å²) in [6.07, 6.45) is 6.93. The summed E-state index contributed by atoms with van der Waals surface area (Å²) in [6, 6.07) is 8.17. The molecular formula is C19H21N5O2S. The lowest BCUT2D eigenvalue weighted by molar-refractivity contribution is 0.0876. The molecule has 0 aromatic carbocycles. The van der Waals surface area contributed by atoms with Crippen molar-refractivity contribution < 1.29 is 9.53 Å². The zero-order chi connectivity index (χ0) is 18.6. The van der Waals surface area contributed by atoms with E-state index in [2.05, 4.69) is 20.4 Å². The van der Waals surface area contributed by atoms with E-state index in [0.717, 1.165) is 36.3 Å². The first-order chi connectivity index (χ1) is 13.2. The van der Waals surface area contributed by atoms with Gasteiger partial charge in [-0.3, -0.25) is 9.48 Å². The minimum atomic E-state index is -0.0800. The van der Waals surface area contributed by atoms with Crippen LogP contribution >= 0.6 is 11.3 Å². The van der Waals surface area contributed by atoms with Gasteiger partial charge in [0.15, 0.2) is 0 Å². The number of ether oxygens (including phenoxy) is 1. The Morgan fingerprint density at radius 1 is 1.22 bits per heavy atom. The first kappa shape index (κ1) is 17.7. The monoisotopic (exact) mass is 383 g/mol. The van der Waals surface area contributed by atoms with Crippen molar-refractivity contribution in [2.45, 2.75) is 37.8 Å². The van der Waals surface area contributed by atoms with Crippen LogP contribution in [0.25, 0.3) is 10.6 Å². The molecule has 0 bridgehead atoms. The Kier molecular flexibility index (Phi) is 5.15. The van der Waals surface area contributed by atoms with Gasteiger partial charge >= 0.3 is 6.01 Å². The fourth-order valence-electron chi connectivity index (χ4n) is 3.30. The van der Waals surface area contributed by atoms with Crippen LogP contribution in [0, 0.1) is 0 Å². The molecule has 1 fully saturated rings. The molecule has 0 saturated heterocycles. The lowest BCUT2D eigenvalue weighted by atomic mass is 9.93. The highest BCUT2D eigenvalue weighted by Crippen LogP contribution is 2.25. The number of amides is 1. The number of hydrogen-bond acceptors (Lipinski definition) is 6. The Morgan fingerprint density at radius 2 is 2.00 bits per heavy atom. The molecule has 0 atom stereocenters. The minimum absolute atomic E-state index is 0.0800. The van der Waals surface area contributed by atoms with Crippen LogP contribution in [0.3, 0.4) is 0 Å². The van der Waals surface area contributed by atoms with Crippen molar-refractivity contribution in [1.82, 2.24) is 25.1 Å². The van der Waals surface area contributed by atoms with Crippen molar-refractivity contribution in [3.63, 3.8) is 0 Å². The average Bonchev–Trinajstić information content (AvgIpc) is 3.34. The highest BCUT2D eigenvalue weighted by molar-refractivity contribution is 7.13. The van der Waals surface area contributed by atoms with Crippen molar-refractivity contribution in [3.8, 4) is 16.6 Å². The van der Waals surface area contributed by atoms with E-state index in [1.165, 1.54) is 0 Å². The Morgan fingerprint density at radius 3 is 2.70 bits per heavy atom. The number of carbonyl (C=O) groups is 1. The molecular weight excluding hydrogens is 362 g/mol. The van der Waals surface area contributed by atoms with E-state index in [4.69, 9.17) is 4.74 Å². The van der Waals surface area contributed by atoms with Crippen molar-refractivity contribution in [3.05, 3.63) is 47.7 Å². The largest absolute Gasteiger partial charge is 0.460 e. The molecule has 8 heteroatoms. The van der Waals surface area contributed by atoms with Crippen LogP contribution < -0.4 is 10.1 Å². The summed E-state index contributed by atoms with van der Waals surface area (Å²) in [7, 11) is 1.80. The summed E-state index contributed by atoms with van der Waals surface area (Å²) in [4.78, 5) is 21.9. The molecule has 0 unspecified atom stereocenters. The highest BCUT2D eigenvalue weighted by Gasteiger charge is 2.25. The van der Waals surface area contributed by atoms with Crippen molar-refractivity contribution in [2.24, 2.45) is 7.05 Å². The second-order valence-electron chi connectivity index (χ2n) is 6.61. The quantitative estimate of drug-likeness (QED) is 0.732. The third-order valence-corrected chi connectivity index (χ3v) is 5.60. The van der Waals surface area contributed by atoms with Crippen LogP contribution in [0.2, 0.25) is 0 Å². The van der Waals surface area contributed by atoms with Gasteiger partial charge in [-0.05, 0) is 49.3 Å². The van der Waals surface area contributed by atoms with Gasteiger partial charge in [-0.1, -0.05) is 6.07 Å². The van der Waals surface area contributed by atoms with Gasteiger partial charge in [-0.2, -0.15) is 5.10 Å². The SMILES string of the molecule is Cn1nc(-c2cccs2)cc1C(=O)NC1CCC(Oc2ncccn2)CC1. The maximum atomic E-state index is 12.7. The molecule has 1 N–H and O–H groups in total. The number of rotatable bonds is 5. The molecule has 1 aliphatic carbocycles. The van der Waals surface area contributed by atoms with E-state index in [1.54, 1.807) is 41.5 Å². The molecule has 3 aromatic heterocycles. The molecule has 7 nitrogen and oxygen atoms in total. The summed E-state index contributed by atoms with van der Waals surface area (Å²) < 4.78 is 7.45. The number of aromatic nitrogens is 4. The Labute approximate surface area is 161 Å². The number of thiophene rings is 1. The summed E-state index contributed by atoms with van der Waals surface area (Å²) in [5.74, 6) is -0.0800. The van der Waals surface area contributed by atoms with E-state index < -0.39 is 0 Å². The van der Waals surface area contributed by atoms with Gasteiger partial charge in [0.2, 0.25) is 0 Å². The maximum absolute atomic E-state index is 12.7. The van der Waals surface area contributed by atoms with Gasteiger partial charge in [-0.25, -0.2) is 9.97 Å². The van der Waals surface area contributed by atoms with Crippen LogP contribution in [-0.4, -0.2) is 37.8 Å².